The van der Waals surface area contributed by atoms with Gasteiger partial charge in [0, 0.05) is 64.3 Å². The van der Waals surface area contributed by atoms with Crippen LogP contribution in [0.5, 0.6) is 0 Å². The van der Waals surface area contributed by atoms with E-state index in [0.29, 0.717) is 32.2 Å². The van der Waals surface area contributed by atoms with Crippen molar-refractivity contribution in [2.75, 3.05) is 53.5 Å². The number of nitrogens with zero attached hydrogens (tertiary/aromatic N) is 1. The molecule has 5 N–H and O–H groups in total. The van der Waals surface area contributed by atoms with E-state index >= 15 is 0 Å². The van der Waals surface area contributed by atoms with E-state index in [2.05, 4.69) is 33.5 Å². The van der Waals surface area contributed by atoms with Crippen LogP contribution in [-0.4, -0.2) is 111 Å². The molecule has 0 aromatic rings. The first kappa shape index (κ1) is 27.9. The van der Waals surface area contributed by atoms with Crippen LogP contribution in [0.1, 0.15) is 26.2 Å². The van der Waals surface area contributed by atoms with Crippen LogP contribution in [0.3, 0.4) is 0 Å². The van der Waals surface area contributed by atoms with Crippen molar-refractivity contribution in [1.82, 2.24) is 31.5 Å². The van der Waals surface area contributed by atoms with Crippen molar-refractivity contribution in [1.29, 1.82) is 0 Å². The molecule has 5 aliphatic heterocycles. The van der Waals surface area contributed by atoms with Crippen LogP contribution in [0, 0.1) is 23.7 Å². The SMILES string of the molecule is COC1CNCCC1C(=O)N1CC2NC(NC(=O)C3CNC(C)CC3C3CC(Cl)NCC3OC)SC2C1. The number of fused-ring (bicyclic) bond motifs is 1. The van der Waals surface area contributed by atoms with E-state index in [1.165, 1.54) is 0 Å². The van der Waals surface area contributed by atoms with Gasteiger partial charge in [-0.15, -0.1) is 23.4 Å². The van der Waals surface area contributed by atoms with Gasteiger partial charge in [-0.1, -0.05) is 0 Å². The van der Waals surface area contributed by atoms with Gasteiger partial charge in [-0.25, -0.2) is 0 Å². The summed E-state index contributed by atoms with van der Waals surface area (Å²) in [5.41, 5.74) is -0.233. The molecule has 10 nitrogen and oxygen atoms in total. The summed E-state index contributed by atoms with van der Waals surface area (Å²) in [5, 5.41) is 17.3. The average molecular weight is 559 g/mol. The Bertz CT molecular complexity index is 814. The summed E-state index contributed by atoms with van der Waals surface area (Å²) in [6.45, 7) is 6.51. The highest BCUT2D eigenvalue weighted by atomic mass is 35.5. The molecule has 0 aliphatic carbocycles. The van der Waals surface area contributed by atoms with Crippen LogP contribution in [-0.2, 0) is 19.1 Å². The maximum Gasteiger partial charge on any atom is 0.228 e. The highest BCUT2D eigenvalue weighted by Crippen LogP contribution is 2.38. The van der Waals surface area contributed by atoms with Gasteiger partial charge in [-0.2, -0.15) is 0 Å². The molecule has 210 valence electrons. The molecule has 12 heteroatoms. The van der Waals surface area contributed by atoms with E-state index in [0.717, 1.165) is 32.4 Å². The Morgan fingerprint density at radius 2 is 1.81 bits per heavy atom. The monoisotopic (exact) mass is 558 g/mol. The van der Waals surface area contributed by atoms with Crippen molar-refractivity contribution in [3.63, 3.8) is 0 Å². The third kappa shape index (κ3) is 6.09. The molecule has 5 saturated heterocycles. The zero-order valence-electron chi connectivity index (χ0n) is 22.1. The molecule has 11 atom stereocenters. The zero-order valence-corrected chi connectivity index (χ0v) is 23.7. The number of amides is 2. The molecule has 0 bridgehead atoms. The fraction of sp³-hybridized carbons (Fsp3) is 0.920. The molecule has 37 heavy (non-hydrogen) atoms. The number of methoxy groups -OCH3 is 2. The number of ether oxygens (including phenoxy) is 2. The Morgan fingerprint density at radius 3 is 2.57 bits per heavy atom. The molecule has 5 heterocycles. The van der Waals surface area contributed by atoms with Gasteiger partial charge in [-0.3, -0.25) is 20.2 Å². The van der Waals surface area contributed by atoms with Crippen LogP contribution in [0.15, 0.2) is 0 Å². The fourth-order valence-electron chi connectivity index (χ4n) is 7.04. The number of thioether (sulfide) groups is 1. The molecule has 0 aromatic carbocycles. The van der Waals surface area contributed by atoms with Crippen LogP contribution in [0.25, 0.3) is 0 Å². The maximum atomic E-state index is 13.6. The first-order chi connectivity index (χ1) is 17.9. The van der Waals surface area contributed by atoms with Crippen LogP contribution in [0.4, 0.5) is 0 Å². The smallest absolute Gasteiger partial charge is 0.228 e. The highest BCUT2D eigenvalue weighted by molar-refractivity contribution is 8.00. The Labute approximate surface area is 229 Å². The largest absolute Gasteiger partial charge is 0.380 e. The van der Waals surface area contributed by atoms with Gasteiger partial charge >= 0.3 is 0 Å². The minimum absolute atomic E-state index is 0.0557. The molecule has 0 aromatic heterocycles. The number of hydrogen-bond donors (Lipinski definition) is 5. The summed E-state index contributed by atoms with van der Waals surface area (Å²) in [5.74, 6) is 0.517. The molecule has 5 rings (SSSR count). The Morgan fingerprint density at radius 1 is 1.00 bits per heavy atom. The molecule has 0 spiro atoms. The van der Waals surface area contributed by atoms with E-state index in [1.54, 1.807) is 26.0 Å². The van der Waals surface area contributed by atoms with E-state index in [9.17, 15) is 9.59 Å². The molecule has 11 unspecified atom stereocenters. The second-order valence-corrected chi connectivity index (χ2v) is 13.2. The van der Waals surface area contributed by atoms with E-state index < -0.39 is 0 Å². The lowest BCUT2D eigenvalue weighted by molar-refractivity contribution is -0.140. The number of alkyl halides is 1. The van der Waals surface area contributed by atoms with Crippen molar-refractivity contribution in [3.8, 4) is 0 Å². The molecule has 5 aliphatic rings. The standard InChI is InChI=1S/C25H43ClN6O4S/c1-13-6-15(16-7-22(26)29-10-20(16)36-3)17(8-28-13)23(33)31-25-30-18-11-32(12-21(18)37-25)24(34)14-4-5-27-9-19(14)35-2/h13-22,25,27-30H,4-12H2,1-3H3,(H,31,33). The van der Waals surface area contributed by atoms with Gasteiger partial charge in [0.15, 0.2) is 0 Å². The van der Waals surface area contributed by atoms with Crippen LogP contribution >= 0.6 is 23.4 Å². The summed E-state index contributed by atoms with van der Waals surface area (Å²) in [6, 6.07) is 0.538. The number of carbonyl (C=O) groups is 2. The van der Waals surface area contributed by atoms with Crippen LogP contribution in [0.2, 0.25) is 0 Å². The van der Waals surface area contributed by atoms with Gasteiger partial charge < -0.3 is 30.3 Å². The Hall–Kier alpha value is -0.660. The molecule has 2 amide bonds. The summed E-state index contributed by atoms with van der Waals surface area (Å²) >= 11 is 8.21. The van der Waals surface area contributed by atoms with Crippen molar-refractivity contribution >= 4 is 35.2 Å². The van der Waals surface area contributed by atoms with Gasteiger partial charge in [0.2, 0.25) is 11.8 Å². The number of halogens is 1. The summed E-state index contributed by atoms with van der Waals surface area (Å²) in [7, 11) is 3.43. The van der Waals surface area contributed by atoms with Gasteiger partial charge in [0.25, 0.3) is 0 Å². The topological polar surface area (TPSA) is 116 Å². The number of piperidine rings is 3. The molecule has 0 radical (unpaired) electrons. The van der Waals surface area contributed by atoms with Crippen LogP contribution < -0.4 is 26.6 Å². The maximum absolute atomic E-state index is 13.6. The number of likely N-dealkylation sites (tertiary alicyclic amines) is 1. The summed E-state index contributed by atoms with van der Waals surface area (Å²) in [6.07, 6.45) is 2.52. The lowest BCUT2D eigenvalue weighted by Crippen LogP contribution is -2.57. The van der Waals surface area contributed by atoms with Gasteiger partial charge in [-0.05, 0) is 44.6 Å². The Kier molecular flexibility index (Phi) is 9.23. The molecule has 0 saturated carbocycles. The van der Waals surface area contributed by atoms with Crippen molar-refractivity contribution in [3.05, 3.63) is 0 Å². The van der Waals surface area contributed by atoms with Crippen molar-refractivity contribution in [2.45, 2.75) is 66.7 Å². The lowest BCUT2D eigenvalue weighted by Gasteiger charge is -2.45. The predicted molar refractivity (Wildman–Crippen MR) is 144 cm³/mol. The first-order valence-corrected chi connectivity index (χ1v) is 15.1. The minimum atomic E-state index is -0.141. The third-order valence-electron chi connectivity index (χ3n) is 9.09. The van der Waals surface area contributed by atoms with Gasteiger partial charge in [0.05, 0.1) is 29.5 Å². The predicted octanol–water partition coefficient (Wildman–Crippen LogP) is -0.270. The number of nitrogens with one attached hydrogen (secondary N) is 5. The first-order valence-electron chi connectivity index (χ1n) is 13.8. The lowest BCUT2D eigenvalue weighted by atomic mass is 9.70. The fourth-order valence-corrected chi connectivity index (χ4v) is 8.74. The minimum Gasteiger partial charge on any atom is -0.380 e. The Balaban J connectivity index is 1.16. The third-order valence-corrected chi connectivity index (χ3v) is 10.8. The second kappa shape index (κ2) is 12.2. The second-order valence-electron chi connectivity index (χ2n) is 11.3. The van der Waals surface area contributed by atoms with E-state index in [-0.39, 0.29) is 70.0 Å². The summed E-state index contributed by atoms with van der Waals surface area (Å²) < 4.78 is 11.4. The van der Waals surface area contributed by atoms with Gasteiger partial charge in [0.1, 0.15) is 5.50 Å². The number of hydrogen-bond acceptors (Lipinski definition) is 9. The average Bonchev–Trinajstić information content (AvgIpc) is 3.47. The molecule has 5 fully saturated rings. The zero-order chi connectivity index (χ0) is 26.1. The normalized spacial score (nSPS) is 44.4. The van der Waals surface area contributed by atoms with E-state index in [4.69, 9.17) is 21.1 Å². The summed E-state index contributed by atoms with van der Waals surface area (Å²) in [4.78, 5) is 28.8. The van der Waals surface area contributed by atoms with Crippen molar-refractivity contribution in [2.24, 2.45) is 23.7 Å². The van der Waals surface area contributed by atoms with E-state index in [1.807, 2.05) is 4.90 Å². The van der Waals surface area contributed by atoms with Crippen molar-refractivity contribution < 1.29 is 19.1 Å². The number of carbonyl (C=O) groups excluding carboxylic acids is 2. The number of rotatable bonds is 6. The highest BCUT2D eigenvalue weighted by Gasteiger charge is 2.48. The molecular formula is C25H43ClN6O4S. The molecular weight excluding hydrogens is 516 g/mol. The quantitative estimate of drug-likeness (QED) is 0.222.